The number of hydrogen-bond donors (Lipinski definition) is 2. The minimum absolute atomic E-state index is 0.0806. The predicted octanol–water partition coefficient (Wildman–Crippen LogP) is 0.285. The lowest BCUT2D eigenvalue weighted by molar-refractivity contribution is -0.0864. The number of carbonyl (C=O) groups is 1. The van der Waals surface area contributed by atoms with Gasteiger partial charge in [0.2, 0.25) is 0 Å². The Kier molecular flexibility index (Phi) is 4.63. The molecule has 1 aromatic rings. The van der Waals surface area contributed by atoms with Gasteiger partial charge in [-0.1, -0.05) is 0 Å². The molecule has 2 N–H and O–H groups in total. The highest BCUT2D eigenvalue weighted by molar-refractivity contribution is 5.87. The third-order valence-corrected chi connectivity index (χ3v) is 2.63. The van der Waals surface area contributed by atoms with Crippen LogP contribution in [0.5, 0.6) is 0 Å². The largest absolute Gasteiger partial charge is 0.478 e. The van der Waals surface area contributed by atoms with Crippen molar-refractivity contribution in [3.63, 3.8) is 0 Å². The van der Waals surface area contributed by atoms with Crippen molar-refractivity contribution in [1.29, 1.82) is 0 Å². The molecule has 1 aliphatic rings. The number of rotatable bonds is 5. The van der Waals surface area contributed by atoms with E-state index in [2.05, 4.69) is 10.3 Å². The van der Waals surface area contributed by atoms with Crippen LogP contribution in [0, 0.1) is 0 Å². The lowest BCUT2D eigenvalue weighted by atomic mass is 10.2. The van der Waals surface area contributed by atoms with Crippen LogP contribution < -0.4 is 5.32 Å². The Bertz CT molecular complexity index is 388. The molecule has 0 aromatic carbocycles. The van der Waals surface area contributed by atoms with Gasteiger partial charge in [-0.3, -0.25) is 4.98 Å². The van der Waals surface area contributed by atoms with Gasteiger partial charge in [0.15, 0.2) is 0 Å². The molecular formula is C12H16N2O4. The highest BCUT2D eigenvalue weighted by Crippen LogP contribution is 2.02. The molecule has 0 aliphatic carbocycles. The van der Waals surface area contributed by atoms with Crippen molar-refractivity contribution >= 4 is 5.97 Å². The molecule has 98 valence electrons. The number of pyridine rings is 1. The summed E-state index contributed by atoms with van der Waals surface area (Å²) in [5.74, 6) is -0.963. The van der Waals surface area contributed by atoms with Crippen molar-refractivity contribution < 1.29 is 19.4 Å². The molecule has 0 bridgehead atoms. The van der Waals surface area contributed by atoms with Crippen LogP contribution in [0.3, 0.4) is 0 Å². The average Bonchev–Trinajstić information content (AvgIpc) is 2.40. The first-order valence-electron chi connectivity index (χ1n) is 5.84. The maximum absolute atomic E-state index is 10.6. The highest BCUT2D eigenvalue weighted by atomic mass is 16.6. The van der Waals surface area contributed by atoms with Crippen LogP contribution in [-0.2, 0) is 16.0 Å². The number of nitrogens with one attached hydrogen (secondary N) is 1. The third-order valence-electron chi connectivity index (χ3n) is 2.63. The fourth-order valence-corrected chi connectivity index (χ4v) is 1.67. The van der Waals surface area contributed by atoms with Gasteiger partial charge in [-0.05, 0) is 12.1 Å². The molecule has 0 saturated carbocycles. The first kappa shape index (κ1) is 12.9. The fourth-order valence-electron chi connectivity index (χ4n) is 1.67. The lowest BCUT2D eigenvalue weighted by Gasteiger charge is -2.23. The van der Waals surface area contributed by atoms with Gasteiger partial charge in [0.05, 0.1) is 37.2 Å². The summed E-state index contributed by atoms with van der Waals surface area (Å²) in [4.78, 5) is 14.7. The summed E-state index contributed by atoms with van der Waals surface area (Å²) in [6.07, 6.45) is 1.44. The summed E-state index contributed by atoms with van der Waals surface area (Å²) in [5, 5.41) is 11.9. The van der Waals surface area contributed by atoms with E-state index < -0.39 is 5.97 Å². The molecule has 0 radical (unpaired) electrons. The smallest absolute Gasteiger partial charge is 0.337 e. The zero-order valence-corrected chi connectivity index (χ0v) is 9.96. The van der Waals surface area contributed by atoms with Crippen LogP contribution in [0.25, 0.3) is 0 Å². The second-order valence-corrected chi connectivity index (χ2v) is 4.04. The van der Waals surface area contributed by atoms with Gasteiger partial charge in [-0.2, -0.15) is 0 Å². The first-order valence-corrected chi connectivity index (χ1v) is 5.84. The molecule has 1 aromatic heterocycles. The van der Waals surface area contributed by atoms with Gasteiger partial charge in [-0.25, -0.2) is 4.79 Å². The first-order chi connectivity index (χ1) is 8.75. The number of hydrogen-bond acceptors (Lipinski definition) is 5. The Morgan fingerprint density at radius 2 is 2.39 bits per heavy atom. The van der Waals surface area contributed by atoms with Crippen molar-refractivity contribution in [2.75, 3.05) is 26.4 Å². The van der Waals surface area contributed by atoms with Crippen molar-refractivity contribution in [1.82, 2.24) is 10.3 Å². The van der Waals surface area contributed by atoms with Crippen molar-refractivity contribution in [3.05, 3.63) is 29.6 Å². The molecular weight excluding hydrogens is 236 g/mol. The van der Waals surface area contributed by atoms with Crippen molar-refractivity contribution in [2.45, 2.75) is 12.6 Å². The molecule has 0 amide bonds. The van der Waals surface area contributed by atoms with Crippen LogP contribution in [0.1, 0.15) is 16.1 Å². The maximum atomic E-state index is 10.6. The number of carboxylic acid groups (broad SMARTS) is 1. The van der Waals surface area contributed by atoms with E-state index >= 15 is 0 Å². The normalized spacial score (nSPS) is 19.7. The molecule has 1 fully saturated rings. The van der Waals surface area contributed by atoms with E-state index in [-0.39, 0.29) is 11.7 Å². The van der Waals surface area contributed by atoms with Gasteiger partial charge in [0.25, 0.3) is 0 Å². The average molecular weight is 252 g/mol. The van der Waals surface area contributed by atoms with Crippen LogP contribution in [-0.4, -0.2) is 48.5 Å². The Hall–Kier alpha value is -1.50. The van der Waals surface area contributed by atoms with Crippen LogP contribution in [0.2, 0.25) is 0 Å². The maximum Gasteiger partial charge on any atom is 0.337 e. The van der Waals surface area contributed by atoms with Crippen LogP contribution >= 0.6 is 0 Å². The molecule has 1 atom stereocenters. The Morgan fingerprint density at radius 3 is 3.00 bits per heavy atom. The van der Waals surface area contributed by atoms with Crippen molar-refractivity contribution in [2.24, 2.45) is 0 Å². The summed E-state index contributed by atoms with van der Waals surface area (Å²) in [6.45, 7) is 3.19. The number of nitrogens with zero attached hydrogens (tertiary/aromatic N) is 1. The van der Waals surface area contributed by atoms with Crippen LogP contribution in [0.15, 0.2) is 18.3 Å². The van der Waals surface area contributed by atoms with Gasteiger partial charge >= 0.3 is 5.97 Å². The molecule has 0 spiro atoms. The van der Waals surface area contributed by atoms with E-state index in [0.717, 1.165) is 5.69 Å². The number of aromatic nitrogens is 1. The third kappa shape index (κ3) is 3.76. The summed E-state index contributed by atoms with van der Waals surface area (Å²) >= 11 is 0. The van der Waals surface area contributed by atoms with E-state index in [1.54, 1.807) is 12.1 Å². The highest BCUT2D eigenvalue weighted by Gasteiger charge is 2.13. The van der Waals surface area contributed by atoms with E-state index in [1.807, 2.05) is 0 Å². The molecule has 6 nitrogen and oxygen atoms in total. The van der Waals surface area contributed by atoms with Crippen LogP contribution in [0.4, 0.5) is 0 Å². The van der Waals surface area contributed by atoms with Gasteiger partial charge in [0.1, 0.15) is 0 Å². The molecule has 2 rings (SSSR count). The monoisotopic (exact) mass is 252 g/mol. The molecule has 1 unspecified atom stereocenters. The van der Waals surface area contributed by atoms with E-state index in [0.29, 0.717) is 32.9 Å². The molecule has 6 heteroatoms. The van der Waals surface area contributed by atoms with E-state index in [1.165, 1.54) is 6.20 Å². The summed E-state index contributed by atoms with van der Waals surface area (Å²) < 4.78 is 10.8. The second kappa shape index (κ2) is 6.44. The second-order valence-electron chi connectivity index (χ2n) is 4.04. The Morgan fingerprint density at radius 1 is 1.50 bits per heavy atom. The zero-order chi connectivity index (χ0) is 12.8. The molecule has 2 heterocycles. The summed E-state index contributed by atoms with van der Waals surface area (Å²) in [6, 6.07) is 3.25. The van der Waals surface area contributed by atoms with Gasteiger partial charge in [0, 0.05) is 19.3 Å². The number of carboxylic acids is 1. The summed E-state index contributed by atoms with van der Waals surface area (Å²) in [5.41, 5.74) is 1.000. The Balaban J connectivity index is 1.74. The zero-order valence-electron chi connectivity index (χ0n) is 9.96. The number of ether oxygens (including phenoxy) is 2. The predicted molar refractivity (Wildman–Crippen MR) is 63.5 cm³/mol. The molecule has 1 saturated heterocycles. The lowest BCUT2D eigenvalue weighted by Crippen LogP contribution is -2.37. The molecule has 18 heavy (non-hydrogen) atoms. The number of aromatic carboxylic acids is 1. The fraction of sp³-hybridized carbons (Fsp3) is 0.500. The summed E-state index contributed by atoms with van der Waals surface area (Å²) in [7, 11) is 0. The Labute approximate surface area is 105 Å². The standard InChI is InChI=1S/C12H16N2O4/c15-12(16)9-1-2-10(14-5-9)6-13-7-11-8-17-3-4-18-11/h1-2,5,11,13H,3-4,6-8H2,(H,15,16). The van der Waals surface area contributed by atoms with Crippen molar-refractivity contribution in [3.8, 4) is 0 Å². The molecule has 1 aliphatic heterocycles. The van der Waals surface area contributed by atoms with Gasteiger partial charge < -0.3 is 19.9 Å². The minimum atomic E-state index is -0.963. The minimum Gasteiger partial charge on any atom is -0.478 e. The van der Waals surface area contributed by atoms with E-state index in [4.69, 9.17) is 14.6 Å². The van der Waals surface area contributed by atoms with E-state index in [9.17, 15) is 4.79 Å². The van der Waals surface area contributed by atoms with Gasteiger partial charge in [-0.15, -0.1) is 0 Å². The quantitative estimate of drug-likeness (QED) is 0.783. The SMILES string of the molecule is O=C(O)c1ccc(CNCC2COCCO2)nc1. The topological polar surface area (TPSA) is 80.7 Å².